The molecule has 0 aromatic heterocycles. The average molecular weight is 426 g/mol. The standard InChI is InChI=1S/C25H20ClN5/c26-19-8-4-7-18(11-19)23-22-14-31(13-17-5-2-1-3-6-17)10-9-20(22)21(12-27)24(30)25(23,15-28)16-29/h1-9,11,22-23H,10,13-14,30H2/t22-,23+/m0/s1. The van der Waals surface area contributed by atoms with E-state index in [0.29, 0.717) is 18.1 Å². The van der Waals surface area contributed by atoms with Gasteiger partial charge >= 0.3 is 0 Å². The van der Waals surface area contributed by atoms with Crippen molar-refractivity contribution in [3.63, 3.8) is 0 Å². The Morgan fingerprint density at radius 3 is 2.45 bits per heavy atom. The van der Waals surface area contributed by atoms with Crippen LogP contribution in [0.1, 0.15) is 17.0 Å². The minimum Gasteiger partial charge on any atom is -0.399 e. The van der Waals surface area contributed by atoms with Crippen LogP contribution in [0.4, 0.5) is 0 Å². The fourth-order valence-corrected chi connectivity index (χ4v) is 4.99. The molecular formula is C25H20ClN5. The Labute approximate surface area is 186 Å². The molecule has 5 nitrogen and oxygen atoms in total. The first kappa shape index (κ1) is 20.7. The van der Waals surface area contributed by atoms with Crippen LogP contribution in [0.15, 0.2) is 77.5 Å². The lowest BCUT2D eigenvalue weighted by atomic mass is 9.58. The van der Waals surface area contributed by atoms with E-state index in [4.69, 9.17) is 17.3 Å². The van der Waals surface area contributed by atoms with Gasteiger partial charge in [0.1, 0.15) is 6.07 Å². The van der Waals surface area contributed by atoms with Crippen LogP contribution in [-0.2, 0) is 6.54 Å². The molecule has 2 aliphatic rings. The van der Waals surface area contributed by atoms with Gasteiger partial charge in [0.25, 0.3) is 0 Å². The van der Waals surface area contributed by atoms with Gasteiger partial charge in [0.15, 0.2) is 5.41 Å². The van der Waals surface area contributed by atoms with Gasteiger partial charge in [-0.1, -0.05) is 60.1 Å². The Bertz CT molecular complexity index is 1180. The minimum absolute atomic E-state index is 0.0315. The maximum absolute atomic E-state index is 10.2. The second kappa shape index (κ2) is 8.29. The Hall–Kier alpha value is -3.56. The Morgan fingerprint density at radius 2 is 1.81 bits per heavy atom. The van der Waals surface area contributed by atoms with Gasteiger partial charge in [-0.3, -0.25) is 4.90 Å². The molecule has 2 aromatic carbocycles. The monoisotopic (exact) mass is 425 g/mol. The number of rotatable bonds is 3. The first-order valence-corrected chi connectivity index (χ1v) is 10.4. The molecular weight excluding hydrogens is 406 g/mol. The Balaban J connectivity index is 1.85. The summed E-state index contributed by atoms with van der Waals surface area (Å²) in [5, 5.41) is 30.7. The zero-order valence-corrected chi connectivity index (χ0v) is 17.5. The fraction of sp³-hybridized carbons (Fsp3) is 0.240. The molecule has 2 atom stereocenters. The third-order valence-corrected chi connectivity index (χ3v) is 6.43. The van der Waals surface area contributed by atoms with Crippen molar-refractivity contribution in [2.24, 2.45) is 17.1 Å². The molecule has 1 aliphatic carbocycles. The van der Waals surface area contributed by atoms with Gasteiger partial charge < -0.3 is 5.73 Å². The molecule has 4 rings (SSSR count). The van der Waals surface area contributed by atoms with E-state index in [9.17, 15) is 15.8 Å². The highest BCUT2D eigenvalue weighted by Crippen LogP contribution is 2.54. The van der Waals surface area contributed by atoms with Crippen LogP contribution in [0, 0.1) is 45.3 Å². The number of allylic oxidation sites excluding steroid dienone is 2. The third-order valence-electron chi connectivity index (χ3n) is 6.20. The largest absolute Gasteiger partial charge is 0.399 e. The summed E-state index contributed by atoms with van der Waals surface area (Å²) in [6.07, 6.45) is 2.01. The molecule has 2 aromatic rings. The normalized spacial score (nSPS) is 22.5. The van der Waals surface area contributed by atoms with Crippen LogP contribution in [0.25, 0.3) is 0 Å². The van der Waals surface area contributed by atoms with E-state index in [0.717, 1.165) is 17.7 Å². The number of hydrogen-bond acceptors (Lipinski definition) is 5. The number of nitrogens with two attached hydrogens (primary N) is 1. The van der Waals surface area contributed by atoms with Crippen LogP contribution >= 0.6 is 11.6 Å². The Kier molecular flexibility index (Phi) is 5.53. The Morgan fingerprint density at radius 1 is 1.06 bits per heavy atom. The smallest absolute Gasteiger partial charge is 0.191 e. The highest BCUT2D eigenvalue weighted by atomic mass is 35.5. The molecule has 0 saturated carbocycles. The van der Waals surface area contributed by atoms with E-state index in [1.54, 1.807) is 12.1 Å². The molecule has 6 heteroatoms. The summed E-state index contributed by atoms with van der Waals surface area (Å²) < 4.78 is 0. The summed E-state index contributed by atoms with van der Waals surface area (Å²) in [5.74, 6) is -0.777. The summed E-state index contributed by atoms with van der Waals surface area (Å²) in [4.78, 5) is 2.26. The summed E-state index contributed by atoms with van der Waals surface area (Å²) >= 11 is 6.26. The first-order valence-electron chi connectivity index (χ1n) is 9.99. The average Bonchev–Trinajstić information content (AvgIpc) is 2.79. The fourth-order valence-electron chi connectivity index (χ4n) is 4.79. The highest BCUT2D eigenvalue weighted by Gasteiger charge is 2.54. The van der Waals surface area contributed by atoms with E-state index in [1.165, 1.54) is 5.56 Å². The quantitative estimate of drug-likeness (QED) is 0.791. The van der Waals surface area contributed by atoms with Crippen molar-refractivity contribution in [3.05, 3.63) is 93.7 Å². The lowest BCUT2D eigenvalue weighted by Crippen LogP contribution is -2.47. The number of fused-ring (bicyclic) bond motifs is 1. The number of benzene rings is 2. The van der Waals surface area contributed by atoms with E-state index < -0.39 is 11.3 Å². The molecule has 0 saturated heterocycles. The molecule has 0 amide bonds. The molecule has 152 valence electrons. The topological polar surface area (TPSA) is 101 Å². The number of halogens is 1. The molecule has 0 bridgehead atoms. The van der Waals surface area contributed by atoms with Crippen LogP contribution < -0.4 is 5.73 Å². The number of nitriles is 3. The van der Waals surface area contributed by atoms with Crippen molar-refractivity contribution in [2.45, 2.75) is 12.5 Å². The molecule has 0 radical (unpaired) electrons. The number of nitrogens with zero attached hydrogens (tertiary/aromatic N) is 4. The van der Waals surface area contributed by atoms with Gasteiger partial charge in [0.2, 0.25) is 0 Å². The van der Waals surface area contributed by atoms with Crippen molar-refractivity contribution < 1.29 is 0 Å². The second-order valence-corrected chi connectivity index (χ2v) is 8.35. The predicted octanol–water partition coefficient (Wildman–Crippen LogP) is 4.27. The maximum atomic E-state index is 10.2. The van der Waals surface area contributed by atoms with Gasteiger partial charge in [-0.25, -0.2) is 0 Å². The molecule has 0 unspecified atom stereocenters. The maximum Gasteiger partial charge on any atom is 0.191 e. The number of hydrogen-bond donors (Lipinski definition) is 1. The summed E-state index contributed by atoms with van der Waals surface area (Å²) in [6, 6.07) is 23.8. The van der Waals surface area contributed by atoms with Crippen LogP contribution in [0.3, 0.4) is 0 Å². The minimum atomic E-state index is -1.65. The molecule has 1 heterocycles. The molecule has 0 fully saturated rings. The lowest BCUT2D eigenvalue weighted by molar-refractivity contribution is 0.201. The predicted molar refractivity (Wildman–Crippen MR) is 118 cm³/mol. The summed E-state index contributed by atoms with van der Waals surface area (Å²) in [7, 11) is 0. The van der Waals surface area contributed by atoms with Gasteiger partial charge in [0, 0.05) is 36.5 Å². The van der Waals surface area contributed by atoms with Crippen molar-refractivity contribution >= 4 is 11.6 Å². The third kappa shape index (κ3) is 3.47. The van der Waals surface area contributed by atoms with Crippen molar-refractivity contribution in [2.75, 3.05) is 13.1 Å². The summed E-state index contributed by atoms with van der Waals surface area (Å²) in [6.45, 7) is 1.99. The van der Waals surface area contributed by atoms with E-state index >= 15 is 0 Å². The molecule has 31 heavy (non-hydrogen) atoms. The van der Waals surface area contributed by atoms with Gasteiger partial charge in [0.05, 0.1) is 23.4 Å². The van der Waals surface area contributed by atoms with Crippen LogP contribution in [0.5, 0.6) is 0 Å². The molecule has 2 N–H and O–H groups in total. The zero-order valence-electron chi connectivity index (χ0n) is 16.8. The van der Waals surface area contributed by atoms with Crippen molar-refractivity contribution in [1.82, 2.24) is 4.90 Å². The SMILES string of the molecule is N#CC1=C(N)C(C#N)(C#N)[C@H](c2cccc(Cl)c2)[C@H]2CN(Cc3ccccc3)CC=C12. The van der Waals surface area contributed by atoms with Crippen molar-refractivity contribution in [3.8, 4) is 18.2 Å². The van der Waals surface area contributed by atoms with E-state index in [1.807, 2.05) is 36.4 Å². The second-order valence-electron chi connectivity index (χ2n) is 7.91. The van der Waals surface area contributed by atoms with E-state index in [2.05, 4.69) is 35.2 Å². The van der Waals surface area contributed by atoms with Crippen LogP contribution in [0.2, 0.25) is 5.02 Å². The van der Waals surface area contributed by atoms with Gasteiger partial charge in [-0.2, -0.15) is 15.8 Å². The van der Waals surface area contributed by atoms with Crippen LogP contribution in [-0.4, -0.2) is 18.0 Å². The van der Waals surface area contributed by atoms with E-state index in [-0.39, 0.29) is 17.2 Å². The van der Waals surface area contributed by atoms with Crippen molar-refractivity contribution in [1.29, 1.82) is 15.8 Å². The van der Waals surface area contributed by atoms with Gasteiger partial charge in [-0.05, 0) is 28.8 Å². The van der Waals surface area contributed by atoms with Gasteiger partial charge in [-0.15, -0.1) is 0 Å². The molecule has 1 aliphatic heterocycles. The molecule has 0 spiro atoms. The highest BCUT2D eigenvalue weighted by molar-refractivity contribution is 6.30. The summed E-state index contributed by atoms with van der Waals surface area (Å²) in [5.41, 5.74) is 7.75. The zero-order chi connectivity index (χ0) is 22.0. The first-order chi connectivity index (χ1) is 15.0. The lowest BCUT2D eigenvalue weighted by Gasteiger charge is -2.45.